The van der Waals surface area contributed by atoms with Crippen molar-refractivity contribution < 1.29 is 9.30 Å². The molecular formula is C22H24N3O+. The molecule has 0 aliphatic carbocycles. The highest BCUT2D eigenvalue weighted by Crippen LogP contribution is 2.21. The van der Waals surface area contributed by atoms with Crippen molar-refractivity contribution in [3.05, 3.63) is 77.6 Å². The van der Waals surface area contributed by atoms with Crippen LogP contribution in [0.3, 0.4) is 0 Å². The van der Waals surface area contributed by atoms with Gasteiger partial charge in [-0.2, -0.15) is 4.57 Å². The molecule has 0 aliphatic heterocycles. The van der Waals surface area contributed by atoms with Gasteiger partial charge in [0, 0.05) is 23.9 Å². The standard InChI is InChI=1S/C22H24N3O/c1-17-9-12-24-20(15-17)21-16-18(10-13-25(21)14-11-23)7-8-19-5-3-4-6-22(19)26-2/h3-10,12-13,15-16H,11,14,23H2,1-2H3/q+1/b8-7+. The van der Waals surface area contributed by atoms with Crippen LogP contribution in [0.2, 0.25) is 0 Å². The van der Waals surface area contributed by atoms with Gasteiger partial charge in [-0.3, -0.25) is 0 Å². The number of rotatable bonds is 6. The molecule has 0 amide bonds. The van der Waals surface area contributed by atoms with E-state index in [2.05, 4.69) is 53.0 Å². The minimum atomic E-state index is 0.583. The van der Waals surface area contributed by atoms with E-state index < -0.39 is 0 Å². The Kier molecular flexibility index (Phi) is 5.77. The Bertz CT molecular complexity index is 919. The van der Waals surface area contributed by atoms with Gasteiger partial charge in [0.15, 0.2) is 12.7 Å². The lowest BCUT2D eigenvalue weighted by atomic mass is 10.1. The first-order chi connectivity index (χ1) is 12.7. The molecule has 0 spiro atoms. The molecule has 2 aromatic heterocycles. The van der Waals surface area contributed by atoms with Crippen molar-refractivity contribution in [1.29, 1.82) is 0 Å². The van der Waals surface area contributed by atoms with E-state index in [1.807, 2.05) is 36.5 Å². The Hall–Kier alpha value is -2.98. The molecule has 2 N–H and O–H groups in total. The molecule has 0 saturated carbocycles. The van der Waals surface area contributed by atoms with Crippen LogP contribution in [0.15, 0.2) is 60.9 Å². The largest absolute Gasteiger partial charge is 0.496 e. The van der Waals surface area contributed by atoms with Crippen LogP contribution in [-0.2, 0) is 6.54 Å². The predicted octanol–water partition coefficient (Wildman–Crippen LogP) is 3.48. The van der Waals surface area contributed by atoms with Crippen LogP contribution >= 0.6 is 0 Å². The smallest absolute Gasteiger partial charge is 0.231 e. The maximum Gasteiger partial charge on any atom is 0.231 e. The van der Waals surface area contributed by atoms with Crippen molar-refractivity contribution in [1.82, 2.24) is 4.98 Å². The van der Waals surface area contributed by atoms with E-state index in [-0.39, 0.29) is 0 Å². The van der Waals surface area contributed by atoms with E-state index >= 15 is 0 Å². The number of ether oxygens (including phenoxy) is 1. The van der Waals surface area contributed by atoms with Gasteiger partial charge < -0.3 is 10.5 Å². The summed E-state index contributed by atoms with van der Waals surface area (Å²) in [5.74, 6) is 0.860. The van der Waals surface area contributed by atoms with Gasteiger partial charge in [0.2, 0.25) is 5.69 Å². The number of nitrogens with zero attached hydrogens (tertiary/aromatic N) is 2. The van der Waals surface area contributed by atoms with Crippen LogP contribution in [0.1, 0.15) is 16.7 Å². The molecule has 4 nitrogen and oxygen atoms in total. The molecule has 0 bridgehead atoms. The van der Waals surface area contributed by atoms with Crippen molar-refractivity contribution in [2.75, 3.05) is 13.7 Å². The van der Waals surface area contributed by atoms with Gasteiger partial charge in [-0.1, -0.05) is 30.4 Å². The van der Waals surface area contributed by atoms with E-state index in [0.29, 0.717) is 6.54 Å². The summed E-state index contributed by atoms with van der Waals surface area (Å²) in [5, 5.41) is 0. The molecule has 1 aromatic carbocycles. The van der Waals surface area contributed by atoms with Crippen LogP contribution in [0, 0.1) is 6.92 Å². The van der Waals surface area contributed by atoms with Crippen LogP contribution in [0.25, 0.3) is 23.5 Å². The second kappa shape index (κ2) is 8.41. The molecule has 0 radical (unpaired) electrons. The van der Waals surface area contributed by atoms with Gasteiger partial charge in [-0.15, -0.1) is 0 Å². The minimum Gasteiger partial charge on any atom is -0.496 e. The fourth-order valence-corrected chi connectivity index (χ4v) is 2.87. The minimum absolute atomic E-state index is 0.583. The average Bonchev–Trinajstić information content (AvgIpc) is 2.67. The molecule has 2 heterocycles. The quantitative estimate of drug-likeness (QED) is 0.695. The first kappa shape index (κ1) is 17.8. The maximum atomic E-state index is 5.77. The molecule has 3 rings (SSSR count). The highest BCUT2D eigenvalue weighted by atomic mass is 16.5. The first-order valence-corrected chi connectivity index (χ1v) is 8.69. The van der Waals surface area contributed by atoms with Crippen LogP contribution in [-0.4, -0.2) is 18.6 Å². The summed E-state index contributed by atoms with van der Waals surface area (Å²) >= 11 is 0. The summed E-state index contributed by atoms with van der Waals surface area (Å²) in [6.45, 7) is 3.41. The summed E-state index contributed by atoms with van der Waals surface area (Å²) in [7, 11) is 1.69. The van der Waals surface area contributed by atoms with Crippen LogP contribution in [0.5, 0.6) is 5.75 Å². The number of aromatic nitrogens is 2. The van der Waals surface area contributed by atoms with Gasteiger partial charge in [-0.25, -0.2) is 4.98 Å². The molecule has 0 atom stereocenters. The van der Waals surface area contributed by atoms with Crippen molar-refractivity contribution in [2.45, 2.75) is 13.5 Å². The lowest BCUT2D eigenvalue weighted by molar-refractivity contribution is -0.683. The molecule has 132 valence electrons. The number of nitrogens with two attached hydrogens (primary N) is 1. The Morgan fingerprint density at radius 2 is 1.96 bits per heavy atom. The predicted molar refractivity (Wildman–Crippen MR) is 106 cm³/mol. The third kappa shape index (κ3) is 4.16. The van der Waals surface area contributed by atoms with Crippen LogP contribution in [0.4, 0.5) is 0 Å². The first-order valence-electron chi connectivity index (χ1n) is 8.69. The zero-order chi connectivity index (χ0) is 18.4. The third-order valence-corrected chi connectivity index (χ3v) is 4.20. The van der Waals surface area contributed by atoms with Gasteiger partial charge in [-0.05, 0) is 36.2 Å². The normalized spacial score (nSPS) is 11.0. The van der Waals surface area contributed by atoms with Gasteiger partial charge in [0.1, 0.15) is 11.4 Å². The Balaban J connectivity index is 1.99. The Morgan fingerprint density at radius 3 is 2.73 bits per heavy atom. The molecule has 0 aliphatic rings. The van der Waals surface area contributed by atoms with E-state index in [1.54, 1.807) is 7.11 Å². The van der Waals surface area contributed by atoms with Crippen molar-refractivity contribution >= 4 is 12.2 Å². The number of aryl methyl sites for hydroxylation is 1. The molecule has 3 aromatic rings. The van der Waals surface area contributed by atoms with E-state index in [0.717, 1.165) is 34.8 Å². The molecule has 0 fully saturated rings. The summed E-state index contributed by atoms with van der Waals surface area (Å²) < 4.78 is 7.55. The third-order valence-electron chi connectivity index (χ3n) is 4.20. The number of benzene rings is 1. The van der Waals surface area contributed by atoms with Crippen LogP contribution < -0.4 is 15.0 Å². The highest BCUT2D eigenvalue weighted by Gasteiger charge is 2.14. The van der Waals surface area contributed by atoms with Gasteiger partial charge in [0.25, 0.3) is 0 Å². The lowest BCUT2D eigenvalue weighted by Gasteiger charge is -2.06. The van der Waals surface area contributed by atoms with Gasteiger partial charge in [0.05, 0.1) is 13.7 Å². The molecule has 26 heavy (non-hydrogen) atoms. The van der Waals surface area contributed by atoms with E-state index in [9.17, 15) is 0 Å². The second-order valence-corrected chi connectivity index (χ2v) is 6.12. The van der Waals surface area contributed by atoms with Crippen molar-refractivity contribution in [3.8, 4) is 17.1 Å². The summed E-state index contributed by atoms with van der Waals surface area (Å²) in [6, 6.07) is 16.3. The highest BCUT2D eigenvalue weighted by molar-refractivity contribution is 5.73. The maximum absolute atomic E-state index is 5.77. The zero-order valence-corrected chi connectivity index (χ0v) is 15.2. The fraction of sp³-hybridized carbons (Fsp3) is 0.182. The lowest BCUT2D eigenvalue weighted by Crippen LogP contribution is -2.39. The summed E-state index contributed by atoms with van der Waals surface area (Å²) in [4.78, 5) is 4.53. The SMILES string of the molecule is COc1ccccc1/C=C/c1cc[n+](CCN)c(-c2cc(C)ccn2)c1. The Labute approximate surface area is 154 Å². The fourth-order valence-electron chi connectivity index (χ4n) is 2.87. The number of pyridine rings is 2. The monoisotopic (exact) mass is 346 g/mol. The molecule has 0 saturated heterocycles. The number of hydrogen-bond acceptors (Lipinski definition) is 3. The molecule has 4 heteroatoms. The summed E-state index contributed by atoms with van der Waals surface area (Å²) in [6.07, 6.45) is 8.06. The van der Waals surface area contributed by atoms with E-state index in [1.165, 1.54) is 5.56 Å². The Morgan fingerprint density at radius 1 is 1.12 bits per heavy atom. The average molecular weight is 346 g/mol. The topological polar surface area (TPSA) is 52.0 Å². The van der Waals surface area contributed by atoms with Crippen molar-refractivity contribution in [3.63, 3.8) is 0 Å². The number of hydrogen-bond donors (Lipinski definition) is 1. The number of methoxy groups -OCH3 is 1. The van der Waals surface area contributed by atoms with E-state index in [4.69, 9.17) is 10.5 Å². The molecule has 0 unspecified atom stereocenters. The molecular weight excluding hydrogens is 322 g/mol. The zero-order valence-electron chi connectivity index (χ0n) is 15.2. The summed E-state index contributed by atoms with van der Waals surface area (Å²) in [5.41, 5.74) is 11.1. The van der Waals surface area contributed by atoms with Gasteiger partial charge >= 0.3 is 0 Å². The van der Waals surface area contributed by atoms with Crippen molar-refractivity contribution in [2.24, 2.45) is 5.73 Å². The number of para-hydroxylation sites is 1. The second-order valence-electron chi connectivity index (χ2n) is 6.12.